The van der Waals surface area contributed by atoms with Gasteiger partial charge < -0.3 is 10.3 Å². The summed E-state index contributed by atoms with van der Waals surface area (Å²) in [5.41, 5.74) is 3.83. The van der Waals surface area contributed by atoms with Gasteiger partial charge in [-0.15, -0.1) is 0 Å². The van der Waals surface area contributed by atoms with Crippen LogP contribution in [-0.2, 0) is 6.42 Å². The molecule has 0 saturated carbocycles. The van der Waals surface area contributed by atoms with Crippen molar-refractivity contribution in [3.05, 3.63) is 70.9 Å². The Morgan fingerprint density at radius 1 is 1.10 bits per heavy atom. The number of halogens is 1. The number of benzene rings is 2. The van der Waals surface area contributed by atoms with Gasteiger partial charge in [0.05, 0.1) is 0 Å². The minimum atomic E-state index is 0.326. The topological polar surface area (TPSA) is 27.8 Å². The van der Waals surface area contributed by atoms with Crippen molar-refractivity contribution >= 4 is 22.5 Å². The van der Waals surface area contributed by atoms with Gasteiger partial charge in [-0.1, -0.05) is 41.9 Å². The van der Waals surface area contributed by atoms with Gasteiger partial charge in [0.2, 0.25) is 0 Å². The van der Waals surface area contributed by atoms with E-state index in [0.29, 0.717) is 6.04 Å². The Morgan fingerprint density at radius 3 is 2.67 bits per heavy atom. The standard InChI is InChI=1S/C18H19ClN2/c1-13(14-6-8-16(19)9-7-14)20-11-10-15-12-21-18-5-3-2-4-17(15)18/h2-9,12-13,20-21H,10-11H2,1H3. The monoisotopic (exact) mass is 298 g/mol. The summed E-state index contributed by atoms with van der Waals surface area (Å²) in [6, 6.07) is 16.8. The lowest BCUT2D eigenvalue weighted by Crippen LogP contribution is -2.21. The van der Waals surface area contributed by atoms with E-state index < -0.39 is 0 Å². The maximum atomic E-state index is 5.92. The van der Waals surface area contributed by atoms with Crippen LogP contribution in [0.4, 0.5) is 0 Å². The largest absolute Gasteiger partial charge is 0.361 e. The Bertz CT molecular complexity index is 715. The van der Waals surface area contributed by atoms with Gasteiger partial charge in [-0.25, -0.2) is 0 Å². The van der Waals surface area contributed by atoms with Crippen LogP contribution in [0.2, 0.25) is 5.02 Å². The van der Waals surface area contributed by atoms with Crippen LogP contribution >= 0.6 is 11.6 Å². The summed E-state index contributed by atoms with van der Waals surface area (Å²) >= 11 is 5.92. The van der Waals surface area contributed by atoms with Gasteiger partial charge in [0.1, 0.15) is 0 Å². The van der Waals surface area contributed by atoms with Crippen molar-refractivity contribution in [3.63, 3.8) is 0 Å². The molecule has 0 radical (unpaired) electrons. The lowest BCUT2D eigenvalue weighted by Gasteiger charge is -2.14. The Kier molecular flexibility index (Phi) is 4.28. The maximum Gasteiger partial charge on any atom is 0.0456 e. The molecule has 0 saturated heterocycles. The zero-order valence-electron chi connectivity index (χ0n) is 12.1. The van der Waals surface area contributed by atoms with E-state index in [9.17, 15) is 0 Å². The highest BCUT2D eigenvalue weighted by Gasteiger charge is 2.06. The lowest BCUT2D eigenvalue weighted by molar-refractivity contribution is 0.577. The Hall–Kier alpha value is -1.77. The zero-order valence-corrected chi connectivity index (χ0v) is 12.8. The fraction of sp³-hybridized carbons (Fsp3) is 0.222. The smallest absolute Gasteiger partial charge is 0.0456 e. The second-order valence-corrected chi connectivity index (χ2v) is 5.77. The van der Waals surface area contributed by atoms with E-state index in [1.54, 1.807) is 0 Å². The third kappa shape index (κ3) is 3.29. The summed E-state index contributed by atoms with van der Waals surface area (Å²) in [5, 5.41) is 5.66. The third-order valence-corrected chi connectivity index (χ3v) is 4.14. The molecule has 0 amide bonds. The quantitative estimate of drug-likeness (QED) is 0.701. The first-order chi connectivity index (χ1) is 10.2. The first-order valence-corrected chi connectivity index (χ1v) is 7.65. The van der Waals surface area contributed by atoms with Gasteiger partial charge in [-0.05, 0) is 49.2 Å². The SMILES string of the molecule is CC(NCCc1c[nH]c2ccccc12)c1ccc(Cl)cc1. The molecule has 0 bridgehead atoms. The molecule has 0 fully saturated rings. The van der Waals surface area contributed by atoms with Crippen molar-refractivity contribution in [2.75, 3.05) is 6.54 Å². The molecule has 1 unspecified atom stereocenters. The van der Waals surface area contributed by atoms with E-state index in [1.807, 2.05) is 12.1 Å². The Labute approximate surface area is 130 Å². The summed E-state index contributed by atoms with van der Waals surface area (Å²) in [6.45, 7) is 3.13. The maximum absolute atomic E-state index is 5.92. The van der Waals surface area contributed by atoms with E-state index in [-0.39, 0.29) is 0 Å². The van der Waals surface area contributed by atoms with Crippen molar-refractivity contribution in [2.24, 2.45) is 0 Å². The molecule has 1 heterocycles. The van der Waals surface area contributed by atoms with Crippen molar-refractivity contribution in [2.45, 2.75) is 19.4 Å². The minimum absolute atomic E-state index is 0.326. The van der Waals surface area contributed by atoms with Gasteiger partial charge in [0, 0.05) is 28.2 Å². The highest BCUT2D eigenvalue weighted by atomic mass is 35.5. The molecule has 108 valence electrons. The van der Waals surface area contributed by atoms with Crippen LogP contribution in [0.5, 0.6) is 0 Å². The van der Waals surface area contributed by atoms with Gasteiger partial charge in [0.25, 0.3) is 0 Å². The van der Waals surface area contributed by atoms with E-state index in [1.165, 1.54) is 22.0 Å². The Morgan fingerprint density at radius 2 is 1.86 bits per heavy atom. The average molecular weight is 299 g/mol. The van der Waals surface area contributed by atoms with E-state index in [2.05, 4.69) is 59.8 Å². The summed E-state index contributed by atoms with van der Waals surface area (Å²) in [4.78, 5) is 3.32. The number of H-pyrrole nitrogens is 1. The first kappa shape index (κ1) is 14.2. The average Bonchev–Trinajstić information content (AvgIpc) is 2.91. The predicted octanol–water partition coefficient (Wildman–Crippen LogP) is 4.71. The number of fused-ring (bicyclic) bond motifs is 1. The first-order valence-electron chi connectivity index (χ1n) is 7.28. The highest BCUT2D eigenvalue weighted by molar-refractivity contribution is 6.30. The number of nitrogens with one attached hydrogen (secondary N) is 2. The molecule has 3 rings (SSSR count). The van der Waals surface area contributed by atoms with Crippen molar-refractivity contribution in [1.29, 1.82) is 0 Å². The van der Waals surface area contributed by atoms with E-state index in [0.717, 1.165) is 18.0 Å². The number of aromatic amines is 1. The van der Waals surface area contributed by atoms with Crippen molar-refractivity contribution in [3.8, 4) is 0 Å². The molecular formula is C18H19ClN2. The molecule has 0 aliphatic rings. The van der Waals surface area contributed by atoms with E-state index >= 15 is 0 Å². The number of aromatic nitrogens is 1. The Balaban J connectivity index is 1.59. The molecular weight excluding hydrogens is 280 g/mol. The molecule has 2 aromatic carbocycles. The number of rotatable bonds is 5. The molecule has 0 aliphatic heterocycles. The van der Waals surface area contributed by atoms with Gasteiger partial charge >= 0.3 is 0 Å². The molecule has 0 spiro atoms. The summed E-state index contributed by atoms with van der Waals surface area (Å²) in [6.07, 6.45) is 3.13. The highest BCUT2D eigenvalue weighted by Crippen LogP contribution is 2.19. The van der Waals surface area contributed by atoms with Crippen molar-refractivity contribution < 1.29 is 0 Å². The summed E-state index contributed by atoms with van der Waals surface area (Å²) in [7, 11) is 0. The number of para-hydroxylation sites is 1. The molecule has 1 aromatic heterocycles. The summed E-state index contributed by atoms with van der Waals surface area (Å²) in [5.74, 6) is 0. The van der Waals surface area contributed by atoms with Gasteiger partial charge in [0.15, 0.2) is 0 Å². The predicted molar refractivity (Wildman–Crippen MR) is 89.9 cm³/mol. The van der Waals surface area contributed by atoms with Gasteiger partial charge in [-0.3, -0.25) is 0 Å². The third-order valence-electron chi connectivity index (χ3n) is 3.89. The zero-order chi connectivity index (χ0) is 14.7. The molecule has 21 heavy (non-hydrogen) atoms. The van der Waals surface area contributed by atoms with Crippen LogP contribution in [0.3, 0.4) is 0 Å². The lowest BCUT2D eigenvalue weighted by atomic mass is 10.1. The van der Waals surface area contributed by atoms with Crippen LogP contribution in [0.15, 0.2) is 54.7 Å². The van der Waals surface area contributed by atoms with Crippen molar-refractivity contribution in [1.82, 2.24) is 10.3 Å². The van der Waals surface area contributed by atoms with Crippen LogP contribution in [0.1, 0.15) is 24.1 Å². The summed E-state index contributed by atoms with van der Waals surface area (Å²) < 4.78 is 0. The second-order valence-electron chi connectivity index (χ2n) is 5.34. The molecule has 3 aromatic rings. The fourth-order valence-electron chi connectivity index (χ4n) is 2.63. The molecule has 1 atom stereocenters. The van der Waals surface area contributed by atoms with Crippen LogP contribution in [0, 0.1) is 0 Å². The molecule has 3 heteroatoms. The number of hydrogen-bond acceptors (Lipinski definition) is 1. The number of hydrogen-bond donors (Lipinski definition) is 2. The van der Waals surface area contributed by atoms with Gasteiger partial charge in [-0.2, -0.15) is 0 Å². The molecule has 0 aliphatic carbocycles. The fourth-order valence-corrected chi connectivity index (χ4v) is 2.76. The second kappa shape index (κ2) is 6.33. The normalized spacial score (nSPS) is 12.7. The minimum Gasteiger partial charge on any atom is -0.361 e. The van der Waals surface area contributed by atoms with Crippen LogP contribution in [0.25, 0.3) is 10.9 Å². The van der Waals surface area contributed by atoms with E-state index in [4.69, 9.17) is 11.6 Å². The molecule has 2 nitrogen and oxygen atoms in total. The molecule has 2 N–H and O–H groups in total. The van der Waals surface area contributed by atoms with Crippen LogP contribution in [-0.4, -0.2) is 11.5 Å². The van der Waals surface area contributed by atoms with Crippen LogP contribution < -0.4 is 5.32 Å².